The molecule has 102 valence electrons. The van der Waals surface area contributed by atoms with E-state index in [9.17, 15) is 27.2 Å². The lowest BCUT2D eigenvalue weighted by molar-refractivity contribution is -0.191. The maximum absolute atomic E-state index is 13.6. The van der Waals surface area contributed by atoms with Crippen molar-refractivity contribution in [2.24, 2.45) is 5.92 Å². The molecule has 2 rings (SSSR count). The molecule has 2 amide bonds. The van der Waals surface area contributed by atoms with E-state index in [4.69, 9.17) is 0 Å². The zero-order valence-corrected chi connectivity index (χ0v) is 9.50. The molecule has 0 aromatic heterocycles. The van der Waals surface area contributed by atoms with Crippen molar-refractivity contribution in [3.63, 3.8) is 0 Å². The van der Waals surface area contributed by atoms with Gasteiger partial charge in [-0.25, -0.2) is 4.39 Å². The van der Waals surface area contributed by atoms with Crippen LogP contribution in [0.2, 0.25) is 0 Å². The molecule has 1 aliphatic heterocycles. The van der Waals surface area contributed by atoms with E-state index >= 15 is 0 Å². The second kappa shape index (κ2) is 4.64. The van der Waals surface area contributed by atoms with Crippen molar-refractivity contribution < 1.29 is 27.2 Å². The third-order valence-corrected chi connectivity index (χ3v) is 3.01. The highest BCUT2D eigenvalue weighted by Gasteiger charge is 2.52. The molecular formula is C12H9F4NO2. The monoisotopic (exact) mass is 275 g/mol. The highest BCUT2D eigenvalue weighted by atomic mass is 19.4. The van der Waals surface area contributed by atoms with Crippen molar-refractivity contribution in [1.82, 2.24) is 5.32 Å². The third-order valence-electron chi connectivity index (χ3n) is 3.01. The number of amides is 2. The number of hydrogen-bond donors (Lipinski definition) is 1. The summed E-state index contributed by atoms with van der Waals surface area (Å²) in [5.74, 6) is -6.96. The summed E-state index contributed by atoms with van der Waals surface area (Å²) in [5, 5.41) is 1.81. The minimum absolute atomic E-state index is 0.352. The lowest BCUT2D eigenvalue weighted by Gasteiger charge is -2.31. The van der Waals surface area contributed by atoms with Crippen LogP contribution < -0.4 is 5.32 Å². The third kappa shape index (κ3) is 2.59. The second-order valence-electron chi connectivity index (χ2n) is 4.26. The maximum Gasteiger partial charge on any atom is 0.393 e. The number of imide groups is 1. The highest BCUT2D eigenvalue weighted by molar-refractivity contribution is 6.01. The Morgan fingerprint density at radius 2 is 1.79 bits per heavy atom. The molecule has 0 saturated carbocycles. The summed E-state index contributed by atoms with van der Waals surface area (Å²) in [6.45, 7) is 0. The van der Waals surface area contributed by atoms with Gasteiger partial charge in [0, 0.05) is 12.0 Å². The second-order valence-corrected chi connectivity index (χ2v) is 4.26. The number of carbonyl (C=O) groups is 2. The smallest absolute Gasteiger partial charge is 0.296 e. The van der Waals surface area contributed by atoms with Gasteiger partial charge in [0.15, 0.2) is 0 Å². The Kier molecular flexibility index (Phi) is 3.30. The molecule has 1 aromatic carbocycles. The summed E-state index contributed by atoms with van der Waals surface area (Å²) in [4.78, 5) is 22.7. The van der Waals surface area contributed by atoms with Crippen LogP contribution >= 0.6 is 0 Å². The van der Waals surface area contributed by atoms with Gasteiger partial charge in [-0.15, -0.1) is 0 Å². The molecule has 0 aliphatic carbocycles. The summed E-state index contributed by atoms with van der Waals surface area (Å²) >= 11 is 0. The van der Waals surface area contributed by atoms with Crippen LogP contribution in [0.25, 0.3) is 0 Å². The lowest BCUT2D eigenvalue weighted by Crippen LogP contribution is -2.49. The first-order valence-corrected chi connectivity index (χ1v) is 5.45. The Balaban J connectivity index is 2.47. The van der Waals surface area contributed by atoms with Crippen LogP contribution in [0.4, 0.5) is 17.6 Å². The predicted octanol–water partition coefficient (Wildman–Crippen LogP) is 2.13. The Morgan fingerprint density at radius 1 is 1.16 bits per heavy atom. The number of rotatable bonds is 1. The van der Waals surface area contributed by atoms with E-state index in [2.05, 4.69) is 0 Å². The van der Waals surface area contributed by atoms with E-state index in [0.717, 1.165) is 12.1 Å². The van der Waals surface area contributed by atoms with Gasteiger partial charge in [-0.1, -0.05) is 18.2 Å². The van der Waals surface area contributed by atoms with E-state index in [0.29, 0.717) is 0 Å². The first-order valence-electron chi connectivity index (χ1n) is 5.45. The molecule has 2 unspecified atom stereocenters. The first kappa shape index (κ1) is 13.5. The summed E-state index contributed by atoms with van der Waals surface area (Å²) in [5.41, 5.74) is -0.352. The topological polar surface area (TPSA) is 46.2 Å². The molecule has 0 radical (unpaired) electrons. The van der Waals surface area contributed by atoms with E-state index in [1.807, 2.05) is 5.32 Å². The maximum atomic E-state index is 13.6. The van der Waals surface area contributed by atoms with Crippen LogP contribution in [0.3, 0.4) is 0 Å². The van der Waals surface area contributed by atoms with Crippen molar-refractivity contribution in [3.05, 3.63) is 35.6 Å². The Hall–Kier alpha value is -1.92. The average Bonchev–Trinajstić information content (AvgIpc) is 2.28. The molecule has 1 aromatic rings. The van der Waals surface area contributed by atoms with Gasteiger partial charge in [-0.2, -0.15) is 13.2 Å². The molecular weight excluding hydrogens is 266 g/mol. The number of hydrogen-bond acceptors (Lipinski definition) is 2. The predicted molar refractivity (Wildman–Crippen MR) is 56.5 cm³/mol. The molecule has 1 aliphatic rings. The fraction of sp³-hybridized carbons (Fsp3) is 0.333. The first-order chi connectivity index (χ1) is 8.80. The molecule has 0 bridgehead atoms. The van der Waals surface area contributed by atoms with Gasteiger partial charge in [0.05, 0.1) is 11.8 Å². The molecule has 3 nitrogen and oxygen atoms in total. The average molecular weight is 275 g/mol. The molecule has 1 N–H and O–H groups in total. The molecule has 19 heavy (non-hydrogen) atoms. The molecule has 7 heteroatoms. The highest BCUT2D eigenvalue weighted by Crippen LogP contribution is 2.42. The van der Waals surface area contributed by atoms with Gasteiger partial charge < -0.3 is 0 Å². The Labute approximate surface area is 105 Å². The normalized spacial score (nSPS) is 24.2. The van der Waals surface area contributed by atoms with Crippen LogP contribution in [-0.2, 0) is 9.59 Å². The number of nitrogens with one attached hydrogen (secondary N) is 1. The van der Waals surface area contributed by atoms with Crippen LogP contribution in [0, 0.1) is 11.7 Å². The summed E-state index contributed by atoms with van der Waals surface area (Å²) < 4.78 is 52.3. The SMILES string of the molecule is O=C1CC(C(F)(F)F)C(c2ccccc2F)C(=O)N1. The van der Waals surface area contributed by atoms with E-state index in [1.54, 1.807) is 0 Å². The van der Waals surface area contributed by atoms with E-state index in [1.165, 1.54) is 12.1 Å². The molecule has 1 fully saturated rings. The molecule has 2 atom stereocenters. The van der Waals surface area contributed by atoms with E-state index < -0.39 is 42.1 Å². The van der Waals surface area contributed by atoms with Crippen LogP contribution in [0.1, 0.15) is 17.9 Å². The number of halogens is 4. The zero-order valence-electron chi connectivity index (χ0n) is 9.50. The zero-order chi connectivity index (χ0) is 14.2. The number of alkyl halides is 3. The molecule has 1 saturated heterocycles. The minimum atomic E-state index is -4.75. The molecule has 1 heterocycles. The number of benzene rings is 1. The summed E-state index contributed by atoms with van der Waals surface area (Å²) in [6, 6.07) is 4.75. The number of carbonyl (C=O) groups excluding carboxylic acids is 2. The van der Waals surface area contributed by atoms with Gasteiger partial charge in [-0.3, -0.25) is 14.9 Å². The largest absolute Gasteiger partial charge is 0.393 e. The van der Waals surface area contributed by atoms with Crippen molar-refractivity contribution in [3.8, 4) is 0 Å². The van der Waals surface area contributed by atoms with Gasteiger partial charge in [0.2, 0.25) is 11.8 Å². The Morgan fingerprint density at radius 3 is 2.37 bits per heavy atom. The minimum Gasteiger partial charge on any atom is -0.296 e. The van der Waals surface area contributed by atoms with Gasteiger partial charge in [0.25, 0.3) is 0 Å². The van der Waals surface area contributed by atoms with E-state index in [-0.39, 0.29) is 5.56 Å². The van der Waals surface area contributed by atoms with Gasteiger partial charge in [0.1, 0.15) is 5.82 Å². The van der Waals surface area contributed by atoms with Gasteiger partial charge in [-0.05, 0) is 6.07 Å². The lowest BCUT2D eigenvalue weighted by atomic mass is 9.80. The van der Waals surface area contributed by atoms with Gasteiger partial charge >= 0.3 is 6.18 Å². The van der Waals surface area contributed by atoms with Crippen molar-refractivity contribution in [2.75, 3.05) is 0 Å². The summed E-state index contributed by atoms with van der Waals surface area (Å²) in [6.07, 6.45) is -5.63. The molecule has 0 spiro atoms. The van der Waals surface area contributed by atoms with Crippen molar-refractivity contribution >= 4 is 11.8 Å². The number of piperidine rings is 1. The van der Waals surface area contributed by atoms with Crippen molar-refractivity contribution in [2.45, 2.75) is 18.5 Å². The quantitative estimate of drug-likeness (QED) is 0.630. The Bertz CT molecular complexity index is 527. The van der Waals surface area contributed by atoms with Crippen LogP contribution in [0.15, 0.2) is 24.3 Å². The van der Waals surface area contributed by atoms with Crippen molar-refractivity contribution in [1.29, 1.82) is 0 Å². The van der Waals surface area contributed by atoms with Crippen LogP contribution in [-0.4, -0.2) is 18.0 Å². The fourth-order valence-corrected chi connectivity index (χ4v) is 2.16. The fourth-order valence-electron chi connectivity index (χ4n) is 2.16. The van der Waals surface area contributed by atoms with Crippen LogP contribution in [0.5, 0.6) is 0 Å². The summed E-state index contributed by atoms with van der Waals surface area (Å²) in [7, 11) is 0. The standard InChI is InChI=1S/C12H9F4NO2/c13-8-4-2-1-3-6(8)10-7(12(14,15)16)5-9(18)17-11(10)19/h1-4,7,10H,5H2,(H,17,18,19).